The fourth-order valence-electron chi connectivity index (χ4n) is 6.85. The van der Waals surface area contributed by atoms with E-state index in [4.69, 9.17) is 19.9 Å². The molecule has 0 amide bonds. The smallest absolute Gasteiger partial charge is 0.165 e. The van der Waals surface area contributed by atoms with Crippen LogP contribution < -0.4 is 0 Å². The highest BCUT2D eigenvalue weighted by Gasteiger charge is 2.19. The Hall–Kier alpha value is -6.24. The number of fused-ring (bicyclic) bond motifs is 8. The molecule has 6 aromatic carbocycles. The summed E-state index contributed by atoms with van der Waals surface area (Å²) in [5, 5.41) is 7.29. The second-order valence-electron chi connectivity index (χ2n) is 12.0. The van der Waals surface area contributed by atoms with E-state index >= 15 is 0 Å². The van der Waals surface area contributed by atoms with E-state index in [0.717, 1.165) is 33.3 Å². The number of rotatable bonds is 4. The first kappa shape index (κ1) is 26.9. The van der Waals surface area contributed by atoms with Crippen molar-refractivity contribution in [2.45, 2.75) is 0 Å². The summed E-state index contributed by atoms with van der Waals surface area (Å²) in [6.45, 7) is 0. The van der Waals surface area contributed by atoms with E-state index in [0.29, 0.717) is 17.5 Å². The van der Waals surface area contributed by atoms with Crippen LogP contribution in [0.15, 0.2) is 152 Å². The van der Waals surface area contributed by atoms with Crippen molar-refractivity contribution in [2.75, 3.05) is 0 Å². The van der Waals surface area contributed by atoms with Crippen molar-refractivity contribution in [3.63, 3.8) is 0 Å². The summed E-state index contributed by atoms with van der Waals surface area (Å²) in [6, 6.07) is 48.7. The van der Waals surface area contributed by atoms with Crippen LogP contribution in [-0.2, 0) is 0 Å². The second-order valence-corrected chi connectivity index (χ2v) is 13.0. The monoisotopic (exact) mass is 631 g/mol. The number of hydrogen-bond donors (Lipinski definition) is 0. The summed E-state index contributed by atoms with van der Waals surface area (Å²) in [7, 11) is 0. The summed E-state index contributed by atoms with van der Waals surface area (Å²) in [5.41, 5.74) is 5.97. The summed E-state index contributed by atoms with van der Waals surface area (Å²) in [4.78, 5) is 19.8. The Morgan fingerprint density at radius 1 is 0.458 bits per heavy atom. The summed E-state index contributed by atoms with van der Waals surface area (Å²) < 4.78 is 4.89. The second kappa shape index (κ2) is 10.7. The number of aromatic nitrogens is 5. The predicted molar refractivity (Wildman–Crippen MR) is 199 cm³/mol. The van der Waals surface area contributed by atoms with Gasteiger partial charge in [-0.3, -0.25) is 4.98 Å². The van der Waals surface area contributed by atoms with Crippen LogP contribution in [0, 0.1) is 0 Å². The Labute approximate surface area is 279 Å². The average molecular weight is 632 g/mol. The molecule has 0 unspecified atom stereocenters. The molecule has 10 rings (SSSR count). The first-order valence-electron chi connectivity index (χ1n) is 15.9. The van der Waals surface area contributed by atoms with Crippen LogP contribution >= 0.6 is 11.3 Å². The van der Waals surface area contributed by atoms with E-state index in [-0.39, 0.29) is 0 Å². The van der Waals surface area contributed by atoms with Crippen molar-refractivity contribution in [2.24, 2.45) is 0 Å². The maximum Gasteiger partial charge on any atom is 0.165 e. The molecule has 0 atom stereocenters. The van der Waals surface area contributed by atoms with Crippen LogP contribution in [0.4, 0.5) is 0 Å². The standard InChI is InChI=1S/C42H25N5S/c1-2-11-27(12-3-1)40-44-41(29-19-18-26-10-4-5-13-28(26)22-29)46-42(45-40)30-23-31(25-43-24-30)47-36-16-8-6-14-32(36)34-20-21-35-33-15-7-9-17-37(33)48-39(35)38(34)47/h1-25H. The molecule has 4 heterocycles. The molecule has 0 aliphatic carbocycles. The van der Waals surface area contributed by atoms with Crippen molar-refractivity contribution in [3.05, 3.63) is 152 Å². The van der Waals surface area contributed by atoms with Gasteiger partial charge in [0.05, 0.1) is 27.6 Å². The molecular weight excluding hydrogens is 607 g/mol. The van der Waals surface area contributed by atoms with E-state index in [9.17, 15) is 0 Å². The summed E-state index contributed by atoms with van der Waals surface area (Å²) >= 11 is 1.84. The van der Waals surface area contributed by atoms with Gasteiger partial charge in [0.2, 0.25) is 0 Å². The minimum Gasteiger partial charge on any atom is -0.306 e. The third-order valence-corrected chi connectivity index (χ3v) is 10.3. The zero-order valence-corrected chi connectivity index (χ0v) is 26.4. The normalized spacial score (nSPS) is 11.8. The number of thiophene rings is 1. The molecule has 10 aromatic rings. The van der Waals surface area contributed by atoms with Gasteiger partial charge in [0.15, 0.2) is 17.5 Å². The minimum absolute atomic E-state index is 0.578. The van der Waals surface area contributed by atoms with Crippen LogP contribution in [0.2, 0.25) is 0 Å². The van der Waals surface area contributed by atoms with Gasteiger partial charge in [0.1, 0.15) is 0 Å². The van der Waals surface area contributed by atoms with Gasteiger partial charge in [-0.2, -0.15) is 0 Å². The molecule has 4 aromatic heterocycles. The number of benzene rings is 6. The Bertz CT molecular complexity index is 2850. The van der Waals surface area contributed by atoms with Crippen molar-refractivity contribution in [3.8, 4) is 39.9 Å². The Morgan fingerprint density at radius 3 is 2.02 bits per heavy atom. The highest BCUT2D eigenvalue weighted by Crippen LogP contribution is 2.43. The molecule has 0 N–H and O–H groups in total. The number of pyridine rings is 1. The van der Waals surface area contributed by atoms with Gasteiger partial charge in [0.25, 0.3) is 0 Å². The predicted octanol–water partition coefficient (Wildman–Crippen LogP) is 10.9. The van der Waals surface area contributed by atoms with Gasteiger partial charge in [-0.05, 0) is 35.0 Å². The van der Waals surface area contributed by atoms with Gasteiger partial charge in [0, 0.05) is 49.1 Å². The lowest BCUT2D eigenvalue weighted by molar-refractivity contribution is 1.06. The van der Waals surface area contributed by atoms with E-state index in [2.05, 4.69) is 114 Å². The lowest BCUT2D eigenvalue weighted by Crippen LogP contribution is -2.01. The number of hydrogen-bond acceptors (Lipinski definition) is 5. The van der Waals surface area contributed by atoms with Crippen molar-refractivity contribution < 1.29 is 0 Å². The number of nitrogens with zero attached hydrogens (tertiary/aromatic N) is 5. The molecule has 48 heavy (non-hydrogen) atoms. The number of para-hydroxylation sites is 1. The largest absolute Gasteiger partial charge is 0.306 e. The quantitative estimate of drug-likeness (QED) is 0.194. The van der Waals surface area contributed by atoms with Gasteiger partial charge in [-0.1, -0.05) is 115 Å². The molecule has 224 valence electrons. The third-order valence-electron chi connectivity index (χ3n) is 9.09. The molecule has 5 nitrogen and oxygen atoms in total. The Morgan fingerprint density at radius 2 is 1.15 bits per heavy atom. The highest BCUT2D eigenvalue weighted by atomic mass is 32.1. The van der Waals surface area contributed by atoms with Crippen LogP contribution in [0.25, 0.3) is 92.6 Å². The lowest BCUT2D eigenvalue weighted by atomic mass is 10.1. The van der Waals surface area contributed by atoms with Crippen LogP contribution in [0.3, 0.4) is 0 Å². The lowest BCUT2D eigenvalue weighted by Gasteiger charge is -2.11. The van der Waals surface area contributed by atoms with Crippen LogP contribution in [-0.4, -0.2) is 24.5 Å². The molecular formula is C42H25N5S. The maximum absolute atomic E-state index is 5.06. The summed E-state index contributed by atoms with van der Waals surface area (Å²) in [5.74, 6) is 1.83. The first-order valence-corrected chi connectivity index (χ1v) is 16.7. The third kappa shape index (κ3) is 4.24. The van der Waals surface area contributed by atoms with Crippen molar-refractivity contribution in [1.29, 1.82) is 0 Å². The SMILES string of the molecule is c1ccc(-c2nc(-c3cncc(-n4c5ccccc5c5ccc6c7ccccc7sc6c54)c3)nc(-c3ccc4ccccc4c3)n2)cc1. The molecule has 0 saturated heterocycles. The average Bonchev–Trinajstić information content (AvgIpc) is 3.71. The minimum atomic E-state index is 0.578. The van der Waals surface area contributed by atoms with Gasteiger partial charge in [-0.15, -0.1) is 11.3 Å². The molecule has 0 fully saturated rings. The van der Waals surface area contributed by atoms with E-state index < -0.39 is 0 Å². The molecule has 0 radical (unpaired) electrons. The van der Waals surface area contributed by atoms with Crippen molar-refractivity contribution >= 4 is 64.1 Å². The maximum atomic E-state index is 5.06. The molecule has 0 bridgehead atoms. The Kier molecular flexibility index (Phi) is 5.98. The van der Waals surface area contributed by atoms with Crippen molar-refractivity contribution in [1.82, 2.24) is 24.5 Å². The zero-order valence-electron chi connectivity index (χ0n) is 25.6. The fraction of sp³-hybridized carbons (Fsp3) is 0. The summed E-state index contributed by atoms with van der Waals surface area (Å²) in [6.07, 6.45) is 3.78. The molecule has 0 aliphatic heterocycles. The van der Waals surface area contributed by atoms with Gasteiger partial charge in [-0.25, -0.2) is 15.0 Å². The molecule has 6 heteroatoms. The van der Waals surface area contributed by atoms with E-state index in [1.807, 2.05) is 54.1 Å². The van der Waals surface area contributed by atoms with Gasteiger partial charge >= 0.3 is 0 Å². The molecule has 0 aliphatic rings. The highest BCUT2D eigenvalue weighted by molar-refractivity contribution is 7.26. The van der Waals surface area contributed by atoms with E-state index in [1.165, 1.54) is 41.8 Å². The first-order chi connectivity index (χ1) is 23.8. The van der Waals surface area contributed by atoms with Crippen LogP contribution in [0.1, 0.15) is 0 Å². The Balaban J connectivity index is 1.21. The molecule has 0 spiro atoms. The zero-order chi connectivity index (χ0) is 31.6. The van der Waals surface area contributed by atoms with E-state index in [1.54, 1.807) is 0 Å². The van der Waals surface area contributed by atoms with Crippen LogP contribution in [0.5, 0.6) is 0 Å². The van der Waals surface area contributed by atoms with Gasteiger partial charge < -0.3 is 4.57 Å². The topological polar surface area (TPSA) is 56.5 Å². The fourth-order valence-corrected chi connectivity index (χ4v) is 8.09. The molecule has 0 saturated carbocycles.